The van der Waals surface area contributed by atoms with Crippen LogP contribution in [0.3, 0.4) is 0 Å². The van der Waals surface area contributed by atoms with E-state index in [9.17, 15) is 4.79 Å². The number of halogens is 1. The summed E-state index contributed by atoms with van der Waals surface area (Å²) in [5.74, 6) is 5.43. The van der Waals surface area contributed by atoms with Gasteiger partial charge in [-0.25, -0.2) is 0 Å². The van der Waals surface area contributed by atoms with Gasteiger partial charge in [0.15, 0.2) is 0 Å². The van der Waals surface area contributed by atoms with Crippen LogP contribution in [-0.4, -0.2) is 30.1 Å². The van der Waals surface area contributed by atoms with Gasteiger partial charge >= 0.3 is 0 Å². The van der Waals surface area contributed by atoms with Gasteiger partial charge in [-0.3, -0.25) is 10.1 Å². The molecule has 9 heteroatoms. The predicted molar refractivity (Wildman–Crippen MR) is 137 cm³/mol. The van der Waals surface area contributed by atoms with Gasteiger partial charge < -0.3 is 21.4 Å². The minimum Gasteiger partial charge on any atom is -0.366 e. The molecule has 0 aliphatic carbocycles. The first kappa shape index (κ1) is 24.0. The van der Waals surface area contributed by atoms with E-state index in [2.05, 4.69) is 52.3 Å². The molecule has 0 saturated carbocycles. The number of carbonyl (C=O) groups is 1. The molecule has 5 N–H and O–H groups in total. The molecule has 4 rings (SSSR count). The van der Waals surface area contributed by atoms with Crippen LogP contribution in [0.15, 0.2) is 52.3 Å². The lowest BCUT2D eigenvalue weighted by Gasteiger charge is -2.30. The molecular formula is C25H32ClN7O. The number of hydrogen-bond donors (Lipinski definition) is 4. The van der Waals surface area contributed by atoms with Crippen LogP contribution < -0.4 is 21.8 Å². The Balaban J connectivity index is 1.64. The maximum atomic E-state index is 13.3. The summed E-state index contributed by atoms with van der Waals surface area (Å²) in [5, 5.41) is 18.8. The van der Waals surface area contributed by atoms with Crippen LogP contribution >= 0.6 is 11.6 Å². The van der Waals surface area contributed by atoms with Crippen LogP contribution in [0.25, 0.3) is 6.08 Å². The van der Waals surface area contributed by atoms with Gasteiger partial charge in [0, 0.05) is 53.6 Å². The van der Waals surface area contributed by atoms with Crippen molar-refractivity contribution in [1.82, 2.24) is 10.2 Å². The summed E-state index contributed by atoms with van der Waals surface area (Å²) in [7, 11) is 0. The largest absolute Gasteiger partial charge is 0.366 e. The van der Waals surface area contributed by atoms with Crippen molar-refractivity contribution in [2.24, 2.45) is 16.2 Å². The van der Waals surface area contributed by atoms with E-state index in [1.54, 1.807) is 0 Å². The first-order valence-corrected chi connectivity index (χ1v) is 12.2. The predicted octanol–water partition coefficient (Wildman–Crippen LogP) is 5.05. The zero-order valence-corrected chi connectivity index (χ0v) is 20.4. The average Bonchev–Trinajstić information content (AvgIpc) is 3.02. The Morgan fingerprint density at radius 2 is 1.94 bits per heavy atom. The van der Waals surface area contributed by atoms with Crippen LogP contribution in [0.4, 0.5) is 11.4 Å². The summed E-state index contributed by atoms with van der Waals surface area (Å²) in [4.78, 5) is 15.3. The molecule has 2 aromatic rings. The summed E-state index contributed by atoms with van der Waals surface area (Å²) in [5.41, 5.74) is 5.67. The molecule has 0 fully saturated rings. The molecule has 2 unspecified atom stereocenters. The molecule has 0 aromatic heterocycles. The number of fused-ring (bicyclic) bond motifs is 2. The van der Waals surface area contributed by atoms with Gasteiger partial charge in [0.1, 0.15) is 12.3 Å². The third-order valence-electron chi connectivity index (χ3n) is 6.13. The van der Waals surface area contributed by atoms with Crippen molar-refractivity contribution < 1.29 is 4.79 Å². The maximum Gasteiger partial charge on any atom is 0.249 e. The molecule has 2 aromatic carbocycles. The summed E-state index contributed by atoms with van der Waals surface area (Å²) in [6.45, 7) is 6.31. The van der Waals surface area contributed by atoms with Crippen molar-refractivity contribution in [3.63, 3.8) is 0 Å². The molecule has 180 valence electrons. The number of nitrogens with one attached hydrogen (secondary N) is 3. The highest BCUT2D eigenvalue weighted by Gasteiger charge is 2.26. The van der Waals surface area contributed by atoms with Crippen molar-refractivity contribution in [1.29, 1.82) is 0 Å². The lowest BCUT2D eigenvalue weighted by atomic mass is 10.0. The van der Waals surface area contributed by atoms with Crippen molar-refractivity contribution >= 4 is 35.0 Å². The van der Waals surface area contributed by atoms with E-state index < -0.39 is 6.17 Å². The molecule has 2 atom stereocenters. The molecule has 0 bridgehead atoms. The van der Waals surface area contributed by atoms with Gasteiger partial charge in [-0.1, -0.05) is 48.9 Å². The Bertz CT molecular complexity index is 1090. The van der Waals surface area contributed by atoms with Gasteiger partial charge in [-0.2, -0.15) is 0 Å². The zero-order chi connectivity index (χ0) is 24.1. The average molecular weight is 482 g/mol. The fourth-order valence-corrected chi connectivity index (χ4v) is 4.77. The Morgan fingerprint density at radius 1 is 1.15 bits per heavy atom. The molecule has 0 saturated heterocycles. The highest BCUT2D eigenvalue weighted by molar-refractivity contribution is 6.31. The van der Waals surface area contributed by atoms with Crippen molar-refractivity contribution in [2.75, 3.05) is 23.7 Å². The number of benzene rings is 2. The molecule has 1 amide bonds. The number of hydrogen-bond acceptors (Lipinski definition) is 6. The van der Waals surface area contributed by atoms with Crippen molar-refractivity contribution in [2.45, 2.75) is 52.0 Å². The monoisotopic (exact) mass is 481 g/mol. The van der Waals surface area contributed by atoms with Gasteiger partial charge in [-0.05, 0) is 48.2 Å². The van der Waals surface area contributed by atoms with E-state index in [1.807, 2.05) is 35.2 Å². The van der Waals surface area contributed by atoms with E-state index in [0.29, 0.717) is 18.5 Å². The van der Waals surface area contributed by atoms with Gasteiger partial charge in [0.05, 0.1) is 0 Å². The molecule has 34 heavy (non-hydrogen) atoms. The minimum absolute atomic E-state index is 0.0451. The first-order valence-electron chi connectivity index (χ1n) is 11.8. The third kappa shape index (κ3) is 5.18. The normalized spacial score (nSPS) is 19.3. The summed E-state index contributed by atoms with van der Waals surface area (Å²) in [6, 6.07) is 12.1. The smallest absolute Gasteiger partial charge is 0.249 e. The van der Waals surface area contributed by atoms with E-state index in [0.717, 1.165) is 59.0 Å². The second-order valence-electron chi connectivity index (χ2n) is 8.63. The number of carbonyl (C=O) groups excluding carboxylic acids is 1. The quantitative estimate of drug-likeness (QED) is 0.251. The summed E-state index contributed by atoms with van der Waals surface area (Å²) < 4.78 is 0. The Labute approximate surface area is 205 Å². The maximum absolute atomic E-state index is 13.3. The number of nitrogens with two attached hydrogens (primary N) is 1. The fraction of sp³-hybridized carbons (Fsp3) is 0.400. The molecule has 2 aliphatic heterocycles. The van der Waals surface area contributed by atoms with Crippen molar-refractivity contribution in [3.05, 3.63) is 63.7 Å². The first-order chi connectivity index (χ1) is 16.5. The van der Waals surface area contributed by atoms with Gasteiger partial charge in [0.2, 0.25) is 5.91 Å². The minimum atomic E-state index is -0.423. The summed E-state index contributed by atoms with van der Waals surface area (Å²) >= 11 is 6.34. The van der Waals surface area contributed by atoms with Gasteiger partial charge in [0.25, 0.3) is 0 Å². The van der Waals surface area contributed by atoms with Crippen molar-refractivity contribution in [3.8, 4) is 0 Å². The number of anilines is 2. The Kier molecular flexibility index (Phi) is 7.70. The van der Waals surface area contributed by atoms with Crippen LogP contribution in [0, 0.1) is 0 Å². The zero-order valence-electron chi connectivity index (χ0n) is 19.6. The number of nitrogens with zero attached hydrogens (tertiary/aromatic N) is 3. The second-order valence-corrected chi connectivity index (χ2v) is 9.04. The highest BCUT2D eigenvalue weighted by atomic mass is 35.5. The van der Waals surface area contributed by atoms with E-state index in [4.69, 9.17) is 17.4 Å². The van der Waals surface area contributed by atoms with E-state index in [1.165, 1.54) is 0 Å². The second kappa shape index (κ2) is 10.9. The van der Waals surface area contributed by atoms with Crippen LogP contribution in [0.2, 0.25) is 5.02 Å². The SMILES string of the molecule is CCCN(CCC)C(=O)C1=Cc2ccc(C3NCc4c(Cl)cccc4N3)cc2NC(N=NN)C1. The number of amides is 1. The fourth-order valence-electron chi connectivity index (χ4n) is 4.53. The van der Waals surface area contributed by atoms with Crippen LogP contribution in [0.5, 0.6) is 0 Å². The standard InChI is InChI=1S/C25H32ClN7O/c1-3-10-33(11-4-2)25(34)18-12-16-8-9-17(13-22(16)29-23(14-18)31-32-27)24-28-15-19-20(26)6-5-7-21(19)30-24/h5-9,12-13,23-24,28-30H,3-4,10-11,14-15H2,1-2H3,(H2,27,31). The lowest BCUT2D eigenvalue weighted by Crippen LogP contribution is -2.34. The lowest BCUT2D eigenvalue weighted by molar-refractivity contribution is -0.127. The molecule has 0 radical (unpaired) electrons. The Hall–Kier alpha value is -3.10. The molecular weight excluding hydrogens is 450 g/mol. The topological polar surface area (TPSA) is 107 Å². The van der Waals surface area contributed by atoms with Gasteiger partial charge in [-0.15, -0.1) is 5.11 Å². The molecule has 2 heterocycles. The van der Waals surface area contributed by atoms with Crippen LogP contribution in [0.1, 0.15) is 56.0 Å². The molecule has 0 spiro atoms. The van der Waals surface area contributed by atoms with Crippen LogP contribution in [-0.2, 0) is 11.3 Å². The van der Waals surface area contributed by atoms with E-state index >= 15 is 0 Å². The van der Waals surface area contributed by atoms with E-state index in [-0.39, 0.29) is 12.1 Å². The highest BCUT2D eigenvalue weighted by Crippen LogP contribution is 2.34. The molecule has 2 aliphatic rings. The number of rotatable bonds is 7. The Morgan fingerprint density at radius 3 is 2.68 bits per heavy atom. The summed E-state index contributed by atoms with van der Waals surface area (Å²) in [6.07, 6.45) is 3.71. The molecule has 8 nitrogen and oxygen atoms in total. The third-order valence-corrected chi connectivity index (χ3v) is 6.49.